The number of hydrogen-bond acceptors (Lipinski definition) is 4. The van der Waals surface area contributed by atoms with Crippen LogP contribution in [0.4, 0.5) is 0 Å². The molecule has 2 fully saturated rings. The van der Waals surface area contributed by atoms with Gasteiger partial charge in [-0.15, -0.1) is 0 Å². The number of nitrogens with zero attached hydrogens (tertiary/aromatic N) is 1. The smallest absolute Gasteiger partial charge is 0.306 e. The average molecular weight is 212 g/mol. The molecule has 0 spiro atoms. The molecule has 2 heterocycles. The van der Waals surface area contributed by atoms with Crippen LogP contribution in [0.5, 0.6) is 0 Å². The van der Waals surface area contributed by atoms with Crippen LogP contribution in [0.25, 0.3) is 0 Å². The zero-order valence-corrected chi connectivity index (χ0v) is 9.53. The van der Waals surface area contributed by atoms with Crippen LogP contribution in [0.15, 0.2) is 0 Å². The summed E-state index contributed by atoms with van der Waals surface area (Å²) < 4.78 is 4.66. The highest BCUT2D eigenvalue weighted by molar-refractivity contribution is 5.69. The highest BCUT2D eigenvalue weighted by atomic mass is 16.5. The zero-order valence-electron chi connectivity index (χ0n) is 9.53. The molecule has 2 rings (SSSR count). The summed E-state index contributed by atoms with van der Waals surface area (Å²) in [4.78, 5) is 13.5. The fourth-order valence-corrected chi connectivity index (χ4v) is 2.89. The largest absolute Gasteiger partial charge is 0.469 e. The minimum absolute atomic E-state index is 0.0996. The summed E-state index contributed by atoms with van der Waals surface area (Å²) in [6.07, 6.45) is 0.522. The minimum Gasteiger partial charge on any atom is -0.469 e. The van der Waals surface area contributed by atoms with E-state index in [-0.39, 0.29) is 5.97 Å². The van der Waals surface area contributed by atoms with Gasteiger partial charge in [-0.25, -0.2) is 0 Å². The summed E-state index contributed by atoms with van der Waals surface area (Å²) in [5, 5.41) is 3.43. The lowest BCUT2D eigenvalue weighted by molar-refractivity contribution is -0.141. The van der Waals surface area contributed by atoms with Gasteiger partial charge in [0.1, 0.15) is 0 Å². The summed E-state index contributed by atoms with van der Waals surface area (Å²) in [6, 6.07) is 0.606. The fraction of sp³-hybridized carbons (Fsp3) is 0.909. The molecule has 0 radical (unpaired) electrons. The first-order chi connectivity index (χ1) is 7.22. The van der Waals surface area contributed by atoms with Crippen molar-refractivity contribution in [3.8, 4) is 0 Å². The van der Waals surface area contributed by atoms with Gasteiger partial charge < -0.3 is 10.1 Å². The summed E-state index contributed by atoms with van der Waals surface area (Å²) in [5.74, 6) is 1.47. The molecule has 0 bridgehead atoms. The van der Waals surface area contributed by atoms with Gasteiger partial charge in [0.2, 0.25) is 0 Å². The van der Waals surface area contributed by atoms with Crippen molar-refractivity contribution in [1.29, 1.82) is 0 Å². The van der Waals surface area contributed by atoms with Crippen LogP contribution in [0.2, 0.25) is 0 Å². The van der Waals surface area contributed by atoms with E-state index in [1.54, 1.807) is 0 Å². The second kappa shape index (κ2) is 4.49. The highest BCUT2D eigenvalue weighted by Gasteiger charge is 2.41. The minimum atomic E-state index is -0.0996. The summed E-state index contributed by atoms with van der Waals surface area (Å²) >= 11 is 0. The Labute approximate surface area is 91.0 Å². The van der Waals surface area contributed by atoms with Gasteiger partial charge in [-0.2, -0.15) is 0 Å². The predicted octanol–water partition coefficient (Wildman–Crippen LogP) is 0.0892. The molecule has 3 atom stereocenters. The maximum atomic E-state index is 11.1. The Morgan fingerprint density at radius 2 is 2.33 bits per heavy atom. The zero-order chi connectivity index (χ0) is 10.8. The van der Waals surface area contributed by atoms with Crippen LogP contribution in [0.3, 0.4) is 0 Å². The first-order valence-corrected chi connectivity index (χ1v) is 5.74. The van der Waals surface area contributed by atoms with Crippen LogP contribution in [-0.4, -0.2) is 50.2 Å². The van der Waals surface area contributed by atoms with Crippen molar-refractivity contribution in [3.63, 3.8) is 0 Å². The average Bonchev–Trinajstić information content (AvgIpc) is 2.79. The van der Waals surface area contributed by atoms with E-state index >= 15 is 0 Å². The molecule has 0 aromatic carbocycles. The molecule has 3 unspecified atom stereocenters. The number of rotatable bonds is 3. The van der Waals surface area contributed by atoms with Crippen molar-refractivity contribution in [2.75, 3.05) is 33.3 Å². The third-order valence-electron chi connectivity index (χ3n) is 3.89. The molecule has 0 amide bonds. The van der Waals surface area contributed by atoms with E-state index in [1.807, 2.05) is 0 Å². The van der Waals surface area contributed by atoms with Crippen molar-refractivity contribution >= 4 is 5.97 Å². The van der Waals surface area contributed by atoms with Gasteiger partial charge >= 0.3 is 5.97 Å². The first-order valence-electron chi connectivity index (χ1n) is 5.74. The van der Waals surface area contributed by atoms with Crippen LogP contribution in [0, 0.1) is 11.8 Å². The summed E-state index contributed by atoms with van der Waals surface area (Å²) in [5.41, 5.74) is 0. The second-order valence-electron chi connectivity index (χ2n) is 4.64. The van der Waals surface area contributed by atoms with Crippen molar-refractivity contribution in [2.45, 2.75) is 19.4 Å². The van der Waals surface area contributed by atoms with Gasteiger partial charge in [-0.1, -0.05) is 0 Å². The molecule has 0 aromatic rings. The number of hydrogen-bond donors (Lipinski definition) is 1. The molecule has 4 nitrogen and oxygen atoms in total. The first kappa shape index (κ1) is 10.9. The third kappa shape index (κ3) is 2.16. The third-order valence-corrected chi connectivity index (χ3v) is 3.89. The highest BCUT2D eigenvalue weighted by Crippen LogP contribution is 2.32. The van der Waals surface area contributed by atoms with Crippen LogP contribution < -0.4 is 5.32 Å². The van der Waals surface area contributed by atoms with Crippen molar-refractivity contribution in [3.05, 3.63) is 0 Å². The number of fused-ring (bicyclic) bond motifs is 1. The van der Waals surface area contributed by atoms with Crippen LogP contribution >= 0.6 is 0 Å². The van der Waals surface area contributed by atoms with Crippen molar-refractivity contribution in [2.24, 2.45) is 11.8 Å². The van der Waals surface area contributed by atoms with E-state index in [0.717, 1.165) is 38.0 Å². The number of ether oxygens (including phenoxy) is 1. The number of likely N-dealkylation sites (tertiary alicyclic amines) is 1. The van der Waals surface area contributed by atoms with Crippen LogP contribution in [0.1, 0.15) is 13.3 Å². The standard InChI is InChI=1S/C11H20N2O2/c1-8-10-6-12-5-9(10)7-13(8)4-3-11(14)15-2/h8-10,12H,3-7H2,1-2H3. The monoisotopic (exact) mass is 212 g/mol. The molecule has 4 heteroatoms. The number of nitrogens with one attached hydrogen (secondary N) is 1. The molecule has 86 valence electrons. The SMILES string of the molecule is COC(=O)CCN1CC2CNCC2C1C. The van der Waals surface area contributed by atoms with E-state index in [9.17, 15) is 4.79 Å². The van der Waals surface area contributed by atoms with Gasteiger partial charge in [-0.05, 0) is 31.8 Å². The van der Waals surface area contributed by atoms with E-state index < -0.39 is 0 Å². The molecule has 1 N–H and O–H groups in total. The molecular formula is C11H20N2O2. The van der Waals surface area contributed by atoms with Crippen LogP contribution in [-0.2, 0) is 9.53 Å². The van der Waals surface area contributed by atoms with E-state index in [4.69, 9.17) is 0 Å². The number of carbonyl (C=O) groups is 1. The molecule has 15 heavy (non-hydrogen) atoms. The molecule has 0 aromatic heterocycles. The number of esters is 1. The van der Waals surface area contributed by atoms with E-state index in [0.29, 0.717) is 12.5 Å². The van der Waals surface area contributed by atoms with Crippen molar-refractivity contribution < 1.29 is 9.53 Å². The van der Waals surface area contributed by atoms with E-state index in [1.165, 1.54) is 7.11 Å². The van der Waals surface area contributed by atoms with Gasteiger partial charge in [0.15, 0.2) is 0 Å². The Balaban J connectivity index is 1.82. The normalized spacial score (nSPS) is 35.5. The number of carbonyl (C=O) groups excluding carboxylic acids is 1. The molecular weight excluding hydrogens is 192 g/mol. The fourth-order valence-electron chi connectivity index (χ4n) is 2.89. The summed E-state index contributed by atoms with van der Waals surface area (Å²) in [7, 11) is 1.45. The summed E-state index contributed by atoms with van der Waals surface area (Å²) in [6.45, 7) is 6.54. The Hall–Kier alpha value is -0.610. The van der Waals surface area contributed by atoms with Gasteiger partial charge in [0.05, 0.1) is 13.5 Å². The lowest BCUT2D eigenvalue weighted by Crippen LogP contribution is -2.34. The Morgan fingerprint density at radius 3 is 3.00 bits per heavy atom. The number of methoxy groups -OCH3 is 1. The quantitative estimate of drug-likeness (QED) is 0.673. The lowest BCUT2D eigenvalue weighted by atomic mass is 9.95. The Kier molecular flexibility index (Phi) is 3.26. The van der Waals surface area contributed by atoms with Gasteiger partial charge in [-0.3, -0.25) is 9.69 Å². The predicted molar refractivity (Wildman–Crippen MR) is 57.5 cm³/mol. The lowest BCUT2D eigenvalue weighted by Gasteiger charge is -2.23. The molecule has 0 saturated carbocycles. The maximum Gasteiger partial charge on any atom is 0.306 e. The second-order valence-corrected chi connectivity index (χ2v) is 4.64. The van der Waals surface area contributed by atoms with E-state index in [2.05, 4.69) is 21.9 Å². The van der Waals surface area contributed by atoms with Gasteiger partial charge in [0, 0.05) is 19.1 Å². The Bertz CT molecular complexity index is 245. The van der Waals surface area contributed by atoms with Gasteiger partial charge in [0.25, 0.3) is 0 Å². The molecule has 2 saturated heterocycles. The molecule has 2 aliphatic heterocycles. The molecule has 0 aliphatic carbocycles. The Morgan fingerprint density at radius 1 is 1.53 bits per heavy atom. The topological polar surface area (TPSA) is 41.6 Å². The van der Waals surface area contributed by atoms with Crippen molar-refractivity contribution in [1.82, 2.24) is 10.2 Å². The molecule has 2 aliphatic rings. The maximum absolute atomic E-state index is 11.1.